The van der Waals surface area contributed by atoms with Crippen LogP contribution in [0.2, 0.25) is 0 Å². The van der Waals surface area contributed by atoms with Crippen LogP contribution in [0, 0.1) is 18.6 Å². The van der Waals surface area contributed by atoms with Crippen molar-refractivity contribution in [2.45, 2.75) is 19.4 Å². The van der Waals surface area contributed by atoms with Gasteiger partial charge < -0.3 is 0 Å². The van der Waals surface area contributed by atoms with Crippen LogP contribution in [0.3, 0.4) is 0 Å². The van der Waals surface area contributed by atoms with E-state index < -0.39 is 11.6 Å². The first-order valence-electron chi connectivity index (χ1n) is 6.17. The quantitative estimate of drug-likeness (QED) is 0.656. The lowest BCUT2D eigenvalue weighted by atomic mass is 9.95. The van der Waals surface area contributed by atoms with E-state index in [1.807, 2.05) is 25.1 Å². The lowest BCUT2D eigenvalue weighted by Gasteiger charge is -2.19. The van der Waals surface area contributed by atoms with E-state index in [0.717, 1.165) is 27.7 Å². The molecule has 106 valence electrons. The van der Waals surface area contributed by atoms with E-state index in [1.165, 1.54) is 6.07 Å². The first-order valence-corrected chi connectivity index (χ1v) is 6.96. The van der Waals surface area contributed by atoms with Crippen molar-refractivity contribution in [1.82, 2.24) is 5.43 Å². The van der Waals surface area contributed by atoms with Gasteiger partial charge in [-0.2, -0.15) is 0 Å². The van der Waals surface area contributed by atoms with Crippen molar-refractivity contribution in [3.8, 4) is 0 Å². The predicted octanol–water partition coefficient (Wildman–Crippen LogP) is 3.78. The minimum Gasteiger partial charge on any atom is -0.271 e. The summed E-state index contributed by atoms with van der Waals surface area (Å²) >= 11 is 3.40. The fourth-order valence-corrected chi connectivity index (χ4v) is 2.54. The first-order chi connectivity index (χ1) is 9.51. The summed E-state index contributed by atoms with van der Waals surface area (Å²) in [5.74, 6) is 4.69. The monoisotopic (exact) mass is 340 g/mol. The molecule has 0 aliphatic rings. The third-order valence-corrected chi connectivity index (χ3v) is 3.74. The van der Waals surface area contributed by atoms with Gasteiger partial charge >= 0.3 is 0 Å². The Morgan fingerprint density at radius 3 is 2.65 bits per heavy atom. The molecular weight excluding hydrogens is 326 g/mol. The van der Waals surface area contributed by atoms with Crippen LogP contribution in [0.1, 0.15) is 22.7 Å². The van der Waals surface area contributed by atoms with Crippen LogP contribution in [-0.4, -0.2) is 0 Å². The Bertz CT molecular complexity index is 617. The van der Waals surface area contributed by atoms with Gasteiger partial charge in [-0.05, 0) is 60.4 Å². The summed E-state index contributed by atoms with van der Waals surface area (Å²) in [5, 5.41) is 0. The number of hydrogen-bond donors (Lipinski definition) is 2. The van der Waals surface area contributed by atoms with Gasteiger partial charge in [0.2, 0.25) is 0 Å². The van der Waals surface area contributed by atoms with Crippen molar-refractivity contribution in [3.63, 3.8) is 0 Å². The lowest BCUT2D eigenvalue weighted by molar-refractivity contribution is 0.521. The Labute approximate surface area is 125 Å². The first kappa shape index (κ1) is 15.1. The second-order valence-corrected chi connectivity index (χ2v) is 5.58. The van der Waals surface area contributed by atoms with Crippen LogP contribution in [-0.2, 0) is 6.42 Å². The summed E-state index contributed by atoms with van der Waals surface area (Å²) in [6, 6.07) is 8.95. The fraction of sp³-hybridized carbons (Fsp3) is 0.200. The number of hydrogen-bond acceptors (Lipinski definition) is 2. The Morgan fingerprint density at radius 1 is 1.20 bits per heavy atom. The lowest BCUT2D eigenvalue weighted by Crippen LogP contribution is -2.30. The van der Waals surface area contributed by atoms with E-state index >= 15 is 0 Å². The van der Waals surface area contributed by atoms with E-state index in [2.05, 4.69) is 21.4 Å². The number of halogens is 3. The van der Waals surface area contributed by atoms with E-state index in [1.54, 1.807) is 0 Å². The van der Waals surface area contributed by atoms with Gasteiger partial charge in [-0.15, -0.1) is 0 Å². The summed E-state index contributed by atoms with van der Waals surface area (Å²) < 4.78 is 27.9. The molecule has 1 atom stereocenters. The van der Waals surface area contributed by atoms with Crippen LogP contribution < -0.4 is 11.3 Å². The molecule has 5 heteroatoms. The third kappa shape index (κ3) is 3.42. The summed E-state index contributed by atoms with van der Waals surface area (Å²) in [6.07, 6.45) is 0.275. The summed E-state index contributed by atoms with van der Waals surface area (Å²) in [7, 11) is 0. The Morgan fingerprint density at radius 2 is 1.95 bits per heavy atom. The molecule has 0 aliphatic heterocycles. The van der Waals surface area contributed by atoms with Crippen molar-refractivity contribution in [2.24, 2.45) is 5.84 Å². The van der Waals surface area contributed by atoms with Crippen LogP contribution in [0.4, 0.5) is 8.78 Å². The molecule has 3 N–H and O–H groups in total. The van der Waals surface area contributed by atoms with Crippen molar-refractivity contribution in [1.29, 1.82) is 0 Å². The van der Waals surface area contributed by atoms with Crippen LogP contribution in [0.15, 0.2) is 40.9 Å². The van der Waals surface area contributed by atoms with Gasteiger partial charge in [0.1, 0.15) is 11.6 Å². The van der Waals surface area contributed by atoms with Crippen molar-refractivity contribution < 1.29 is 8.78 Å². The highest BCUT2D eigenvalue weighted by Crippen LogP contribution is 2.25. The summed E-state index contributed by atoms with van der Waals surface area (Å²) in [4.78, 5) is 0. The van der Waals surface area contributed by atoms with Crippen LogP contribution >= 0.6 is 15.9 Å². The SMILES string of the molecule is Cc1ccc(Br)cc1C(Cc1cc(F)ccc1F)NN. The molecule has 20 heavy (non-hydrogen) atoms. The van der Waals surface area contributed by atoms with Gasteiger partial charge in [-0.3, -0.25) is 11.3 Å². The molecule has 2 rings (SSSR count). The molecular formula is C15H15BrF2N2. The Balaban J connectivity index is 2.33. The number of hydrazine groups is 1. The molecule has 0 saturated heterocycles. The Kier molecular flexibility index (Phi) is 4.86. The number of benzene rings is 2. The number of nitrogens with one attached hydrogen (secondary N) is 1. The largest absolute Gasteiger partial charge is 0.271 e. The Hall–Kier alpha value is -1.30. The molecule has 1 unspecified atom stereocenters. The van der Waals surface area contributed by atoms with Crippen LogP contribution in [0.5, 0.6) is 0 Å². The van der Waals surface area contributed by atoms with Gasteiger partial charge in [-0.25, -0.2) is 8.78 Å². The normalized spacial score (nSPS) is 12.4. The third-order valence-electron chi connectivity index (χ3n) is 3.25. The zero-order chi connectivity index (χ0) is 14.7. The zero-order valence-corrected chi connectivity index (χ0v) is 12.5. The van der Waals surface area contributed by atoms with Crippen LogP contribution in [0.25, 0.3) is 0 Å². The average Bonchev–Trinajstić information content (AvgIpc) is 2.42. The second-order valence-electron chi connectivity index (χ2n) is 4.66. The van der Waals surface area contributed by atoms with E-state index in [-0.39, 0.29) is 12.5 Å². The summed E-state index contributed by atoms with van der Waals surface area (Å²) in [6.45, 7) is 1.95. The maximum atomic E-state index is 13.7. The molecule has 0 fully saturated rings. The van der Waals surface area contributed by atoms with Gasteiger partial charge in [0, 0.05) is 4.47 Å². The van der Waals surface area contributed by atoms with Gasteiger partial charge in [0.25, 0.3) is 0 Å². The van der Waals surface area contributed by atoms with Gasteiger partial charge in [0.15, 0.2) is 0 Å². The topological polar surface area (TPSA) is 38.0 Å². The van der Waals surface area contributed by atoms with Crippen molar-refractivity contribution in [2.75, 3.05) is 0 Å². The van der Waals surface area contributed by atoms with E-state index in [0.29, 0.717) is 5.56 Å². The molecule has 0 radical (unpaired) electrons. The van der Waals surface area contributed by atoms with Gasteiger partial charge in [-0.1, -0.05) is 22.0 Å². The molecule has 0 aliphatic carbocycles. The zero-order valence-electron chi connectivity index (χ0n) is 11.0. The number of rotatable bonds is 4. The highest BCUT2D eigenvalue weighted by Gasteiger charge is 2.16. The predicted molar refractivity (Wildman–Crippen MR) is 79.0 cm³/mol. The van der Waals surface area contributed by atoms with Crippen molar-refractivity contribution in [3.05, 3.63) is 69.2 Å². The maximum Gasteiger partial charge on any atom is 0.126 e. The molecule has 0 spiro atoms. The molecule has 0 bridgehead atoms. The molecule has 0 heterocycles. The average molecular weight is 341 g/mol. The molecule has 2 nitrogen and oxygen atoms in total. The minimum atomic E-state index is -0.455. The highest BCUT2D eigenvalue weighted by molar-refractivity contribution is 9.10. The second kappa shape index (κ2) is 6.43. The number of nitrogens with two attached hydrogens (primary N) is 1. The smallest absolute Gasteiger partial charge is 0.126 e. The molecule has 2 aromatic rings. The maximum absolute atomic E-state index is 13.7. The molecule has 0 saturated carbocycles. The molecule has 0 amide bonds. The van der Waals surface area contributed by atoms with Crippen molar-refractivity contribution >= 4 is 15.9 Å². The molecule has 2 aromatic carbocycles. The van der Waals surface area contributed by atoms with E-state index in [9.17, 15) is 8.78 Å². The standard InChI is InChI=1S/C15H15BrF2N2/c1-9-2-3-11(16)8-13(9)15(20-19)7-10-6-12(17)4-5-14(10)18/h2-6,8,15,20H,7,19H2,1H3. The molecule has 0 aromatic heterocycles. The summed E-state index contributed by atoms with van der Waals surface area (Å²) in [5.41, 5.74) is 4.95. The minimum absolute atomic E-state index is 0.275. The number of aryl methyl sites for hydroxylation is 1. The van der Waals surface area contributed by atoms with E-state index in [4.69, 9.17) is 5.84 Å². The fourth-order valence-electron chi connectivity index (χ4n) is 2.17. The highest BCUT2D eigenvalue weighted by atomic mass is 79.9. The van der Waals surface area contributed by atoms with Gasteiger partial charge in [0.05, 0.1) is 6.04 Å².